The summed E-state index contributed by atoms with van der Waals surface area (Å²) in [6, 6.07) is 5.09. The second-order valence-corrected chi connectivity index (χ2v) is 7.84. The van der Waals surface area contributed by atoms with Crippen molar-refractivity contribution in [1.29, 1.82) is 0 Å². The lowest BCUT2D eigenvalue weighted by molar-refractivity contribution is 0.0503. The monoisotopic (exact) mass is 440 g/mol. The van der Waals surface area contributed by atoms with Crippen LogP contribution in [0, 0.1) is 13.8 Å². The van der Waals surface area contributed by atoms with E-state index in [9.17, 15) is 9.59 Å². The maximum atomic E-state index is 12.9. The SMILES string of the molecule is CCn1nc(C)c(-c2cc(C(=O)NCC3Cn4cccc4C(=O)N3CCOC)no2)c1C. The molecule has 0 bridgehead atoms. The van der Waals surface area contributed by atoms with Crippen LogP contribution in [0.15, 0.2) is 28.9 Å². The van der Waals surface area contributed by atoms with Crippen LogP contribution in [0.25, 0.3) is 11.3 Å². The van der Waals surface area contributed by atoms with Crippen LogP contribution < -0.4 is 5.32 Å². The van der Waals surface area contributed by atoms with E-state index in [1.165, 1.54) is 0 Å². The molecule has 1 aliphatic rings. The van der Waals surface area contributed by atoms with Crippen LogP contribution in [-0.2, 0) is 17.8 Å². The quantitative estimate of drug-likeness (QED) is 0.573. The Morgan fingerprint density at radius 2 is 2.19 bits per heavy atom. The first kappa shape index (κ1) is 21.8. The maximum Gasteiger partial charge on any atom is 0.273 e. The Morgan fingerprint density at radius 3 is 2.91 bits per heavy atom. The van der Waals surface area contributed by atoms with Gasteiger partial charge in [0.15, 0.2) is 11.5 Å². The Kier molecular flexibility index (Phi) is 6.13. The predicted octanol–water partition coefficient (Wildman–Crippen LogP) is 1.88. The summed E-state index contributed by atoms with van der Waals surface area (Å²) in [4.78, 5) is 27.4. The summed E-state index contributed by atoms with van der Waals surface area (Å²) in [5.74, 6) is 0.0900. The number of ether oxygens (including phenoxy) is 1. The van der Waals surface area contributed by atoms with Crippen molar-refractivity contribution in [3.8, 4) is 11.3 Å². The third kappa shape index (κ3) is 3.93. The summed E-state index contributed by atoms with van der Waals surface area (Å²) < 4.78 is 14.4. The highest BCUT2D eigenvalue weighted by Gasteiger charge is 2.32. The van der Waals surface area contributed by atoms with Crippen LogP contribution in [0.4, 0.5) is 0 Å². The minimum atomic E-state index is -0.351. The van der Waals surface area contributed by atoms with Gasteiger partial charge in [0.25, 0.3) is 11.8 Å². The first-order chi connectivity index (χ1) is 15.4. The Morgan fingerprint density at radius 1 is 1.38 bits per heavy atom. The molecule has 4 heterocycles. The Balaban J connectivity index is 1.47. The lowest BCUT2D eigenvalue weighted by atomic mass is 10.1. The molecule has 3 aromatic heterocycles. The van der Waals surface area contributed by atoms with Gasteiger partial charge < -0.3 is 24.0 Å². The maximum absolute atomic E-state index is 12.9. The smallest absolute Gasteiger partial charge is 0.273 e. The third-order valence-electron chi connectivity index (χ3n) is 5.86. The van der Waals surface area contributed by atoms with Crippen LogP contribution in [-0.4, -0.2) is 69.1 Å². The van der Waals surface area contributed by atoms with Gasteiger partial charge in [0.1, 0.15) is 5.69 Å². The molecule has 170 valence electrons. The fourth-order valence-electron chi connectivity index (χ4n) is 4.22. The minimum Gasteiger partial charge on any atom is -0.383 e. The first-order valence-corrected chi connectivity index (χ1v) is 10.7. The van der Waals surface area contributed by atoms with E-state index in [0.717, 1.165) is 23.5 Å². The summed E-state index contributed by atoms with van der Waals surface area (Å²) in [5.41, 5.74) is 3.47. The second-order valence-electron chi connectivity index (χ2n) is 7.84. The number of hydrogen-bond donors (Lipinski definition) is 1. The molecule has 10 nitrogen and oxygen atoms in total. The summed E-state index contributed by atoms with van der Waals surface area (Å²) in [5, 5.41) is 11.3. The Labute approximate surface area is 186 Å². The van der Waals surface area contributed by atoms with Gasteiger partial charge in [0, 0.05) is 51.2 Å². The Bertz CT molecular complexity index is 1130. The Hall–Kier alpha value is -3.40. The van der Waals surface area contributed by atoms with Crippen molar-refractivity contribution in [2.24, 2.45) is 0 Å². The lowest BCUT2D eigenvalue weighted by Gasteiger charge is -2.36. The molecule has 0 fully saturated rings. The van der Waals surface area contributed by atoms with Crippen molar-refractivity contribution >= 4 is 11.8 Å². The van der Waals surface area contributed by atoms with Crippen LogP contribution in [0.1, 0.15) is 39.3 Å². The summed E-state index contributed by atoms with van der Waals surface area (Å²) in [6.07, 6.45) is 1.88. The van der Waals surface area contributed by atoms with Crippen molar-refractivity contribution in [2.75, 3.05) is 26.8 Å². The molecule has 1 atom stereocenters. The van der Waals surface area contributed by atoms with Gasteiger partial charge in [0.2, 0.25) is 0 Å². The lowest BCUT2D eigenvalue weighted by Crippen LogP contribution is -2.53. The topological polar surface area (TPSA) is 107 Å². The molecule has 1 N–H and O–H groups in total. The number of methoxy groups -OCH3 is 1. The molecular weight excluding hydrogens is 412 g/mol. The number of hydrogen-bond acceptors (Lipinski definition) is 6. The zero-order chi connectivity index (χ0) is 22.8. The molecule has 0 aliphatic carbocycles. The van der Waals surface area contributed by atoms with Crippen molar-refractivity contribution in [2.45, 2.75) is 39.9 Å². The zero-order valence-electron chi connectivity index (χ0n) is 18.8. The third-order valence-corrected chi connectivity index (χ3v) is 5.86. The average molecular weight is 441 g/mol. The molecule has 0 saturated carbocycles. The van der Waals surface area contributed by atoms with Gasteiger partial charge in [-0.15, -0.1) is 0 Å². The van der Waals surface area contributed by atoms with Gasteiger partial charge in [-0.3, -0.25) is 14.3 Å². The predicted molar refractivity (Wildman–Crippen MR) is 116 cm³/mol. The van der Waals surface area contributed by atoms with E-state index in [2.05, 4.69) is 15.6 Å². The van der Waals surface area contributed by atoms with E-state index in [0.29, 0.717) is 37.7 Å². The van der Waals surface area contributed by atoms with Gasteiger partial charge in [-0.1, -0.05) is 5.16 Å². The first-order valence-electron chi connectivity index (χ1n) is 10.7. The number of nitrogens with one attached hydrogen (secondary N) is 1. The van der Waals surface area contributed by atoms with E-state index in [-0.39, 0.29) is 23.6 Å². The highest BCUT2D eigenvalue weighted by atomic mass is 16.5. The molecule has 10 heteroatoms. The fourth-order valence-corrected chi connectivity index (χ4v) is 4.22. The molecule has 0 spiro atoms. The van der Waals surface area contributed by atoms with Crippen molar-refractivity contribution in [3.63, 3.8) is 0 Å². The zero-order valence-corrected chi connectivity index (χ0v) is 18.8. The molecule has 32 heavy (non-hydrogen) atoms. The number of nitrogens with zero attached hydrogens (tertiary/aromatic N) is 5. The standard InChI is InChI=1S/C22H28N6O4/c1-5-28-15(3)20(14(2)24-28)19-11-17(25-32-19)21(29)23-12-16-13-26-8-6-7-18(26)22(30)27(16)9-10-31-4/h6-8,11,16H,5,9-10,12-13H2,1-4H3,(H,23,29). The fraction of sp³-hybridized carbons (Fsp3) is 0.455. The average Bonchev–Trinajstić information content (AvgIpc) is 3.50. The van der Waals surface area contributed by atoms with Crippen molar-refractivity contribution in [1.82, 2.24) is 29.7 Å². The summed E-state index contributed by atoms with van der Waals surface area (Å²) in [7, 11) is 1.60. The van der Waals surface area contributed by atoms with Crippen LogP contribution in [0.2, 0.25) is 0 Å². The number of rotatable bonds is 8. The normalized spacial score (nSPS) is 15.8. The molecule has 0 saturated heterocycles. The molecule has 4 rings (SSSR count). The number of aryl methyl sites for hydroxylation is 2. The van der Waals surface area contributed by atoms with Gasteiger partial charge in [-0.05, 0) is 32.9 Å². The highest BCUT2D eigenvalue weighted by Crippen LogP contribution is 2.27. The summed E-state index contributed by atoms with van der Waals surface area (Å²) >= 11 is 0. The minimum absolute atomic E-state index is 0.0693. The second kappa shape index (κ2) is 8.99. The van der Waals surface area contributed by atoms with Crippen LogP contribution in [0.3, 0.4) is 0 Å². The van der Waals surface area contributed by atoms with E-state index >= 15 is 0 Å². The number of fused-ring (bicyclic) bond motifs is 1. The van der Waals surface area contributed by atoms with Gasteiger partial charge in [0.05, 0.1) is 23.9 Å². The molecule has 0 aromatic carbocycles. The molecular formula is C22H28N6O4. The molecule has 3 aromatic rings. The van der Waals surface area contributed by atoms with E-state index in [4.69, 9.17) is 9.26 Å². The van der Waals surface area contributed by atoms with Crippen LogP contribution in [0.5, 0.6) is 0 Å². The molecule has 1 unspecified atom stereocenters. The van der Waals surface area contributed by atoms with E-state index in [1.54, 1.807) is 24.1 Å². The van der Waals surface area contributed by atoms with Crippen LogP contribution >= 0.6 is 0 Å². The number of amides is 2. The van der Waals surface area contributed by atoms with Crippen molar-refractivity contribution in [3.05, 3.63) is 47.2 Å². The molecule has 1 aliphatic heterocycles. The van der Waals surface area contributed by atoms with Gasteiger partial charge >= 0.3 is 0 Å². The van der Waals surface area contributed by atoms with Gasteiger partial charge in [-0.2, -0.15) is 5.10 Å². The molecule has 0 radical (unpaired) electrons. The number of carbonyl (C=O) groups is 2. The van der Waals surface area contributed by atoms with E-state index in [1.807, 2.05) is 42.3 Å². The molecule has 2 amide bonds. The highest BCUT2D eigenvalue weighted by molar-refractivity contribution is 5.94. The largest absolute Gasteiger partial charge is 0.383 e. The number of carbonyl (C=O) groups excluding carboxylic acids is 2. The van der Waals surface area contributed by atoms with E-state index < -0.39 is 0 Å². The summed E-state index contributed by atoms with van der Waals surface area (Å²) in [6.45, 7) is 8.40. The number of aromatic nitrogens is 4. The van der Waals surface area contributed by atoms with Crippen molar-refractivity contribution < 1.29 is 18.8 Å². The van der Waals surface area contributed by atoms with Gasteiger partial charge in [-0.25, -0.2) is 0 Å².